The number of hydrogen-bond donors (Lipinski definition) is 2. The van der Waals surface area contributed by atoms with Crippen LogP contribution in [0.3, 0.4) is 0 Å². The molecule has 120 valence electrons. The number of anilines is 3. The second-order valence-corrected chi connectivity index (χ2v) is 5.07. The molecule has 2 N–H and O–H groups in total. The van der Waals surface area contributed by atoms with E-state index in [1.807, 2.05) is 37.3 Å². The summed E-state index contributed by atoms with van der Waals surface area (Å²) in [5, 5.41) is 6.05. The van der Waals surface area contributed by atoms with Gasteiger partial charge in [0.25, 0.3) is 0 Å². The number of hydrogen-bond acceptors (Lipinski definition) is 4. The molecule has 2 rings (SSSR count). The SMILES string of the molecule is CCCC(=O)Nc1ccc(Nc2cccc(C(=O)OC)c2)cc1. The molecule has 23 heavy (non-hydrogen) atoms. The Labute approximate surface area is 135 Å². The van der Waals surface area contributed by atoms with Crippen LogP contribution >= 0.6 is 0 Å². The van der Waals surface area contributed by atoms with Crippen LogP contribution in [0.25, 0.3) is 0 Å². The van der Waals surface area contributed by atoms with E-state index < -0.39 is 0 Å². The highest BCUT2D eigenvalue weighted by molar-refractivity contribution is 5.91. The number of methoxy groups -OCH3 is 1. The van der Waals surface area contributed by atoms with Crippen molar-refractivity contribution in [3.8, 4) is 0 Å². The topological polar surface area (TPSA) is 67.4 Å². The summed E-state index contributed by atoms with van der Waals surface area (Å²) in [5.41, 5.74) is 2.90. The average molecular weight is 312 g/mol. The quantitative estimate of drug-likeness (QED) is 0.792. The Bertz CT molecular complexity index is 681. The number of rotatable bonds is 6. The summed E-state index contributed by atoms with van der Waals surface area (Å²) in [6.07, 6.45) is 1.34. The van der Waals surface area contributed by atoms with Crippen LogP contribution in [-0.4, -0.2) is 19.0 Å². The zero-order valence-electron chi connectivity index (χ0n) is 13.3. The number of ether oxygens (including phenoxy) is 1. The normalized spacial score (nSPS) is 10.0. The second-order valence-electron chi connectivity index (χ2n) is 5.07. The van der Waals surface area contributed by atoms with Crippen molar-refractivity contribution in [2.24, 2.45) is 0 Å². The van der Waals surface area contributed by atoms with Gasteiger partial charge in [0.05, 0.1) is 12.7 Å². The molecule has 0 unspecified atom stereocenters. The van der Waals surface area contributed by atoms with Crippen LogP contribution in [0.15, 0.2) is 48.5 Å². The summed E-state index contributed by atoms with van der Waals surface area (Å²) in [6, 6.07) is 14.5. The lowest BCUT2D eigenvalue weighted by atomic mass is 10.2. The summed E-state index contributed by atoms with van der Waals surface area (Å²) >= 11 is 0. The molecule has 0 saturated carbocycles. The third kappa shape index (κ3) is 4.85. The number of carbonyl (C=O) groups is 2. The van der Waals surface area contributed by atoms with Crippen LogP contribution in [0.4, 0.5) is 17.1 Å². The second kappa shape index (κ2) is 7.98. The third-order valence-electron chi connectivity index (χ3n) is 3.22. The number of benzene rings is 2. The van der Waals surface area contributed by atoms with E-state index >= 15 is 0 Å². The number of nitrogens with one attached hydrogen (secondary N) is 2. The minimum atomic E-state index is -0.373. The van der Waals surface area contributed by atoms with E-state index in [1.54, 1.807) is 18.2 Å². The molecule has 2 aromatic carbocycles. The van der Waals surface area contributed by atoms with Crippen LogP contribution in [0.1, 0.15) is 30.1 Å². The largest absolute Gasteiger partial charge is 0.465 e. The summed E-state index contributed by atoms with van der Waals surface area (Å²) in [4.78, 5) is 23.1. The standard InChI is InChI=1S/C18H20N2O3/c1-3-5-17(21)20-15-10-8-14(9-11-15)19-16-7-4-6-13(12-16)18(22)23-2/h4,6-12,19H,3,5H2,1-2H3,(H,20,21). The molecule has 0 radical (unpaired) electrons. The summed E-state index contributed by atoms with van der Waals surface area (Å²) in [6.45, 7) is 1.97. The monoisotopic (exact) mass is 312 g/mol. The van der Waals surface area contributed by atoms with Crippen molar-refractivity contribution in [2.45, 2.75) is 19.8 Å². The molecule has 0 saturated heterocycles. The van der Waals surface area contributed by atoms with Crippen LogP contribution < -0.4 is 10.6 Å². The third-order valence-corrected chi connectivity index (χ3v) is 3.22. The highest BCUT2D eigenvalue weighted by atomic mass is 16.5. The molecule has 0 aliphatic carbocycles. The molecule has 0 atom stereocenters. The predicted molar refractivity (Wildman–Crippen MR) is 91.0 cm³/mol. The molecule has 0 aromatic heterocycles. The Morgan fingerprint density at radius 3 is 2.35 bits per heavy atom. The van der Waals surface area contributed by atoms with Gasteiger partial charge in [-0.25, -0.2) is 4.79 Å². The van der Waals surface area contributed by atoms with Crippen molar-refractivity contribution in [3.63, 3.8) is 0 Å². The molecule has 0 spiro atoms. The van der Waals surface area contributed by atoms with Gasteiger partial charge in [-0.3, -0.25) is 4.79 Å². The van der Waals surface area contributed by atoms with E-state index in [1.165, 1.54) is 7.11 Å². The van der Waals surface area contributed by atoms with Crippen molar-refractivity contribution in [1.29, 1.82) is 0 Å². The average Bonchev–Trinajstić information content (AvgIpc) is 2.56. The lowest BCUT2D eigenvalue weighted by Crippen LogP contribution is -2.10. The van der Waals surface area contributed by atoms with Crippen LogP contribution in [0.5, 0.6) is 0 Å². The fourth-order valence-electron chi connectivity index (χ4n) is 2.10. The van der Waals surface area contributed by atoms with E-state index in [0.29, 0.717) is 12.0 Å². The highest BCUT2D eigenvalue weighted by Gasteiger charge is 2.06. The van der Waals surface area contributed by atoms with Gasteiger partial charge in [0, 0.05) is 23.5 Å². The maximum absolute atomic E-state index is 11.5. The lowest BCUT2D eigenvalue weighted by Gasteiger charge is -2.09. The molecule has 2 aromatic rings. The predicted octanol–water partition coefficient (Wildman–Crippen LogP) is 3.96. The van der Waals surface area contributed by atoms with E-state index in [9.17, 15) is 9.59 Å². The van der Waals surface area contributed by atoms with E-state index in [0.717, 1.165) is 23.5 Å². The molecule has 0 aliphatic heterocycles. The van der Waals surface area contributed by atoms with Crippen molar-refractivity contribution < 1.29 is 14.3 Å². The van der Waals surface area contributed by atoms with Crippen molar-refractivity contribution >= 4 is 28.9 Å². The smallest absolute Gasteiger partial charge is 0.337 e. The Hall–Kier alpha value is -2.82. The van der Waals surface area contributed by atoms with Crippen LogP contribution in [0, 0.1) is 0 Å². The van der Waals surface area contributed by atoms with Gasteiger partial charge < -0.3 is 15.4 Å². The first-order valence-corrected chi connectivity index (χ1v) is 7.47. The molecule has 0 aliphatic rings. The maximum Gasteiger partial charge on any atom is 0.337 e. The minimum Gasteiger partial charge on any atom is -0.465 e. The van der Waals surface area contributed by atoms with Gasteiger partial charge in [0.1, 0.15) is 0 Å². The first-order chi connectivity index (χ1) is 11.1. The van der Waals surface area contributed by atoms with E-state index in [-0.39, 0.29) is 11.9 Å². The molecule has 5 nitrogen and oxygen atoms in total. The van der Waals surface area contributed by atoms with Gasteiger partial charge in [-0.15, -0.1) is 0 Å². The maximum atomic E-state index is 11.5. The summed E-state index contributed by atoms with van der Waals surface area (Å²) < 4.78 is 4.71. The van der Waals surface area contributed by atoms with Crippen molar-refractivity contribution in [3.05, 3.63) is 54.1 Å². The zero-order chi connectivity index (χ0) is 16.7. The van der Waals surface area contributed by atoms with E-state index in [2.05, 4.69) is 10.6 Å². The van der Waals surface area contributed by atoms with Gasteiger partial charge in [-0.05, 0) is 48.9 Å². The van der Waals surface area contributed by atoms with Gasteiger partial charge >= 0.3 is 5.97 Å². The number of esters is 1. The molecule has 0 fully saturated rings. The first kappa shape index (κ1) is 16.5. The number of amides is 1. The fraction of sp³-hybridized carbons (Fsp3) is 0.222. The summed E-state index contributed by atoms with van der Waals surface area (Å²) in [5.74, 6) is -0.360. The highest BCUT2D eigenvalue weighted by Crippen LogP contribution is 2.20. The Kier molecular flexibility index (Phi) is 5.74. The van der Waals surface area contributed by atoms with E-state index in [4.69, 9.17) is 4.74 Å². The van der Waals surface area contributed by atoms with Gasteiger partial charge in [-0.2, -0.15) is 0 Å². The molecule has 5 heteroatoms. The summed E-state index contributed by atoms with van der Waals surface area (Å²) in [7, 11) is 1.36. The van der Waals surface area contributed by atoms with Crippen molar-refractivity contribution in [2.75, 3.05) is 17.7 Å². The first-order valence-electron chi connectivity index (χ1n) is 7.47. The Morgan fingerprint density at radius 2 is 1.70 bits per heavy atom. The lowest BCUT2D eigenvalue weighted by molar-refractivity contribution is -0.116. The van der Waals surface area contributed by atoms with Crippen molar-refractivity contribution in [1.82, 2.24) is 0 Å². The van der Waals surface area contributed by atoms with Gasteiger partial charge in [0.15, 0.2) is 0 Å². The fourth-order valence-corrected chi connectivity index (χ4v) is 2.10. The molecule has 0 bridgehead atoms. The molecule has 0 heterocycles. The van der Waals surface area contributed by atoms with Gasteiger partial charge in [0.2, 0.25) is 5.91 Å². The molecular formula is C18H20N2O3. The Balaban J connectivity index is 2.03. The van der Waals surface area contributed by atoms with Gasteiger partial charge in [-0.1, -0.05) is 13.0 Å². The molecule has 1 amide bonds. The Morgan fingerprint density at radius 1 is 1.00 bits per heavy atom. The van der Waals surface area contributed by atoms with Crippen LogP contribution in [-0.2, 0) is 9.53 Å². The molecular weight excluding hydrogens is 292 g/mol. The zero-order valence-corrected chi connectivity index (χ0v) is 13.3. The number of carbonyl (C=O) groups excluding carboxylic acids is 2. The minimum absolute atomic E-state index is 0.0130. The van der Waals surface area contributed by atoms with Crippen LogP contribution in [0.2, 0.25) is 0 Å².